The van der Waals surface area contributed by atoms with Crippen LogP contribution in [0.1, 0.15) is 15.9 Å². The molecule has 0 spiro atoms. The fraction of sp³-hybridized carbons (Fsp3) is 0.133. The van der Waals surface area contributed by atoms with Crippen molar-refractivity contribution in [1.29, 1.82) is 0 Å². The summed E-state index contributed by atoms with van der Waals surface area (Å²) >= 11 is 0. The molecule has 0 aliphatic heterocycles. The lowest BCUT2D eigenvalue weighted by atomic mass is 10.0. The Bertz CT molecular complexity index is 612. The van der Waals surface area contributed by atoms with E-state index in [1.54, 1.807) is 6.07 Å². The standard InChI is InChI=1S/C15H11F3O2/c16-12-5-1-3-10(7-12)8-14(19)11-4-2-6-13(9-11)20-15(17)18/h1-7,9,15H,8H2. The van der Waals surface area contributed by atoms with Gasteiger partial charge in [-0.2, -0.15) is 8.78 Å². The zero-order chi connectivity index (χ0) is 14.5. The molecule has 0 fully saturated rings. The molecule has 0 amide bonds. The average Bonchev–Trinajstić information content (AvgIpc) is 2.38. The molecule has 0 atom stereocenters. The molecular weight excluding hydrogens is 269 g/mol. The van der Waals surface area contributed by atoms with Crippen LogP contribution in [0.2, 0.25) is 0 Å². The summed E-state index contributed by atoms with van der Waals surface area (Å²) in [5, 5.41) is 0. The van der Waals surface area contributed by atoms with Crippen LogP contribution < -0.4 is 4.74 Å². The van der Waals surface area contributed by atoms with Crippen molar-refractivity contribution in [3.05, 3.63) is 65.5 Å². The number of ketones is 1. The minimum Gasteiger partial charge on any atom is -0.435 e. The van der Waals surface area contributed by atoms with Crippen molar-refractivity contribution in [1.82, 2.24) is 0 Å². The van der Waals surface area contributed by atoms with E-state index in [2.05, 4.69) is 4.74 Å². The Balaban J connectivity index is 2.13. The fourth-order valence-electron chi connectivity index (χ4n) is 1.78. The van der Waals surface area contributed by atoms with E-state index in [9.17, 15) is 18.0 Å². The summed E-state index contributed by atoms with van der Waals surface area (Å²) in [5.74, 6) is -0.800. The first kappa shape index (κ1) is 14.1. The number of carbonyl (C=O) groups is 1. The molecule has 0 aromatic heterocycles. The molecule has 0 heterocycles. The SMILES string of the molecule is O=C(Cc1cccc(F)c1)c1cccc(OC(F)F)c1. The van der Waals surface area contributed by atoms with E-state index in [1.807, 2.05) is 0 Å². The van der Waals surface area contributed by atoms with E-state index in [1.165, 1.54) is 42.5 Å². The molecule has 5 heteroatoms. The maximum Gasteiger partial charge on any atom is 0.387 e. The summed E-state index contributed by atoms with van der Waals surface area (Å²) in [7, 11) is 0. The van der Waals surface area contributed by atoms with Gasteiger partial charge in [0.25, 0.3) is 0 Å². The summed E-state index contributed by atoms with van der Waals surface area (Å²) in [6.45, 7) is -2.94. The first-order valence-electron chi connectivity index (χ1n) is 5.87. The van der Waals surface area contributed by atoms with Gasteiger partial charge in [-0.3, -0.25) is 4.79 Å². The van der Waals surface area contributed by atoms with Crippen LogP contribution in [0.15, 0.2) is 48.5 Å². The third kappa shape index (κ3) is 3.85. The lowest BCUT2D eigenvalue weighted by Crippen LogP contribution is -2.06. The van der Waals surface area contributed by atoms with Crippen molar-refractivity contribution in [2.45, 2.75) is 13.0 Å². The molecule has 0 N–H and O–H groups in total. The van der Waals surface area contributed by atoms with Crippen LogP contribution in [0.4, 0.5) is 13.2 Å². The zero-order valence-corrected chi connectivity index (χ0v) is 10.4. The Labute approximate surface area is 113 Å². The van der Waals surface area contributed by atoms with Crippen molar-refractivity contribution < 1.29 is 22.7 Å². The maximum atomic E-state index is 13.0. The molecule has 2 aromatic carbocycles. The topological polar surface area (TPSA) is 26.3 Å². The number of Topliss-reactive ketones (excluding diaryl/α,β-unsaturated/α-hetero) is 1. The minimum absolute atomic E-state index is 0.00408. The highest BCUT2D eigenvalue weighted by Crippen LogP contribution is 2.17. The van der Waals surface area contributed by atoms with E-state index in [4.69, 9.17) is 0 Å². The number of hydrogen-bond donors (Lipinski definition) is 0. The van der Waals surface area contributed by atoms with Crippen LogP contribution in [0, 0.1) is 5.82 Å². The molecule has 0 saturated carbocycles. The Kier molecular flexibility index (Phi) is 4.40. The van der Waals surface area contributed by atoms with Crippen LogP contribution in [0.25, 0.3) is 0 Å². The van der Waals surface area contributed by atoms with Gasteiger partial charge in [0, 0.05) is 12.0 Å². The second-order valence-corrected chi connectivity index (χ2v) is 4.14. The van der Waals surface area contributed by atoms with Crippen molar-refractivity contribution >= 4 is 5.78 Å². The number of carbonyl (C=O) groups excluding carboxylic acids is 1. The number of hydrogen-bond acceptors (Lipinski definition) is 2. The number of benzene rings is 2. The van der Waals surface area contributed by atoms with E-state index >= 15 is 0 Å². The fourth-order valence-corrected chi connectivity index (χ4v) is 1.78. The summed E-state index contributed by atoms with van der Waals surface area (Å²) in [6.07, 6.45) is -0.00408. The van der Waals surface area contributed by atoms with Gasteiger partial charge in [0.15, 0.2) is 5.78 Å². The Morgan fingerprint density at radius 3 is 2.55 bits per heavy atom. The molecule has 0 radical (unpaired) electrons. The van der Waals surface area contributed by atoms with E-state index in [0.29, 0.717) is 5.56 Å². The summed E-state index contributed by atoms with van der Waals surface area (Å²) in [6, 6.07) is 11.2. The second-order valence-electron chi connectivity index (χ2n) is 4.14. The van der Waals surface area contributed by atoms with Crippen LogP contribution >= 0.6 is 0 Å². The predicted molar refractivity (Wildman–Crippen MR) is 67.5 cm³/mol. The highest BCUT2D eigenvalue weighted by atomic mass is 19.3. The second kappa shape index (κ2) is 6.23. The molecule has 0 aliphatic carbocycles. The predicted octanol–water partition coefficient (Wildman–Crippen LogP) is 3.85. The maximum absolute atomic E-state index is 13.0. The highest BCUT2D eigenvalue weighted by Gasteiger charge is 2.10. The van der Waals surface area contributed by atoms with E-state index in [-0.39, 0.29) is 23.5 Å². The first-order valence-corrected chi connectivity index (χ1v) is 5.87. The molecule has 0 unspecified atom stereocenters. The van der Waals surface area contributed by atoms with Crippen LogP contribution in [0.3, 0.4) is 0 Å². The Morgan fingerprint density at radius 2 is 1.85 bits per heavy atom. The van der Waals surface area contributed by atoms with Gasteiger partial charge in [-0.05, 0) is 29.8 Å². The van der Waals surface area contributed by atoms with Gasteiger partial charge in [0.1, 0.15) is 11.6 Å². The number of halogens is 3. The Morgan fingerprint density at radius 1 is 1.10 bits per heavy atom. The molecule has 104 valence electrons. The van der Waals surface area contributed by atoms with E-state index < -0.39 is 12.4 Å². The quantitative estimate of drug-likeness (QED) is 0.777. The van der Waals surface area contributed by atoms with Gasteiger partial charge < -0.3 is 4.74 Å². The van der Waals surface area contributed by atoms with Crippen molar-refractivity contribution in [3.63, 3.8) is 0 Å². The largest absolute Gasteiger partial charge is 0.435 e. The molecule has 0 aliphatic rings. The van der Waals surface area contributed by atoms with Crippen LogP contribution in [-0.2, 0) is 6.42 Å². The van der Waals surface area contributed by atoms with Crippen molar-refractivity contribution in [3.8, 4) is 5.75 Å². The molecule has 2 rings (SSSR count). The lowest BCUT2D eigenvalue weighted by Gasteiger charge is -2.06. The number of rotatable bonds is 5. The zero-order valence-electron chi connectivity index (χ0n) is 10.4. The van der Waals surface area contributed by atoms with Gasteiger partial charge in [0.2, 0.25) is 0 Å². The van der Waals surface area contributed by atoms with Gasteiger partial charge in [-0.15, -0.1) is 0 Å². The minimum atomic E-state index is -2.94. The molecule has 2 aromatic rings. The summed E-state index contributed by atoms with van der Waals surface area (Å²) in [4.78, 5) is 12.0. The average molecular weight is 280 g/mol. The summed E-state index contributed by atoms with van der Waals surface area (Å²) < 4.78 is 41.4. The van der Waals surface area contributed by atoms with Crippen molar-refractivity contribution in [2.24, 2.45) is 0 Å². The molecule has 20 heavy (non-hydrogen) atoms. The van der Waals surface area contributed by atoms with Gasteiger partial charge in [-0.1, -0.05) is 24.3 Å². The number of ether oxygens (including phenoxy) is 1. The smallest absolute Gasteiger partial charge is 0.387 e. The molecule has 0 saturated heterocycles. The van der Waals surface area contributed by atoms with Crippen molar-refractivity contribution in [2.75, 3.05) is 0 Å². The third-order valence-corrected chi connectivity index (χ3v) is 2.63. The summed E-state index contributed by atoms with van der Waals surface area (Å²) in [5.41, 5.74) is 0.766. The van der Waals surface area contributed by atoms with Crippen LogP contribution in [0.5, 0.6) is 5.75 Å². The normalized spacial score (nSPS) is 10.6. The Hall–Kier alpha value is -2.30. The van der Waals surface area contributed by atoms with Crippen LogP contribution in [-0.4, -0.2) is 12.4 Å². The van der Waals surface area contributed by atoms with Gasteiger partial charge in [0.05, 0.1) is 0 Å². The van der Waals surface area contributed by atoms with E-state index in [0.717, 1.165) is 0 Å². The molecule has 0 bridgehead atoms. The number of alkyl halides is 2. The highest BCUT2D eigenvalue weighted by molar-refractivity contribution is 5.97. The van der Waals surface area contributed by atoms with Gasteiger partial charge >= 0.3 is 6.61 Å². The monoisotopic (exact) mass is 280 g/mol. The molecular formula is C15H11F3O2. The lowest BCUT2D eigenvalue weighted by molar-refractivity contribution is -0.0498. The molecule has 2 nitrogen and oxygen atoms in total. The first-order chi connectivity index (χ1) is 9.54. The third-order valence-electron chi connectivity index (χ3n) is 2.63. The van der Waals surface area contributed by atoms with Gasteiger partial charge in [-0.25, -0.2) is 4.39 Å².